The molecule has 224 valence electrons. The second kappa shape index (κ2) is 16.6. The number of rotatable bonds is 18. The molecule has 0 aromatic rings. The van der Waals surface area contributed by atoms with Gasteiger partial charge in [0.15, 0.2) is 16.6 Å². The molecule has 0 saturated carbocycles. The summed E-state index contributed by atoms with van der Waals surface area (Å²) in [5.74, 6) is 3.22. The molecule has 0 aliphatic rings. The van der Waals surface area contributed by atoms with Crippen molar-refractivity contribution in [3.05, 3.63) is 0 Å². The Morgan fingerprint density at radius 2 is 1.16 bits per heavy atom. The first-order valence-electron chi connectivity index (χ1n) is 15.5. The summed E-state index contributed by atoms with van der Waals surface area (Å²) in [4.78, 5) is 12.7. The van der Waals surface area contributed by atoms with Gasteiger partial charge >= 0.3 is 5.97 Å². The van der Waals surface area contributed by atoms with Gasteiger partial charge in [-0.2, -0.15) is 0 Å². The van der Waals surface area contributed by atoms with Crippen LogP contribution in [0.15, 0.2) is 0 Å². The third-order valence-corrected chi connectivity index (χ3v) is 19.7. The van der Waals surface area contributed by atoms with E-state index in [1.165, 1.54) is 0 Å². The van der Waals surface area contributed by atoms with E-state index in [2.05, 4.69) is 82.1 Å². The Morgan fingerprint density at radius 3 is 1.45 bits per heavy atom. The first kappa shape index (κ1) is 37.4. The molecule has 5 atom stereocenters. The molecule has 0 aromatic heterocycles. The van der Waals surface area contributed by atoms with E-state index in [0.717, 1.165) is 30.6 Å². The van der Waals surface area contributed by atoms with Gasteiger partial charge in [-0.15, -0.1) is 12.3 Å². The average Bonchev–Trinajstić information content (AvgIpc) is 2.85. The van der Waals surface area contributed by atoms with Crippen molar-refractivity contribution in [2.45, 2.75) is 157 Å². The molecule has 0 radical (unpaired) electrons. The monoisotopic (exact) mass is 568 g/mol. The molecule has 0 fully saturated rings. The smallest absolute Gasteiger partial charge is 0.311 e. The van der Waals surface area contributed by atoms with Crippen LogP contribution in [0.25, 0.3) is 0 Å². The van der Waals surface area contributed by atoms with E-state index in [-0.39, 0.29) is 35.9 Å². The van der Waals surface area contributed by atoms with Gasteiger partial charge in [0.2, 0.25) is 0 Å². The van der Waals surface area contributed by atoms with Crippen LogP contribution in [0, 0.1) is 35.5 Å². The molecule has 0 bridgehead atoms. The number of carbonyl (C=O) groups excluding carboxylic acids is 1. The molecule has 0 aromatic carbocycles. The maximum absolute atomic E-state index is 12.7. The molecule has 4 nitrogen and oxygen atoms in total. The zero-order valence-electron chi connectivity index (χ0n) is 27.7. The Labute approximate surface area is 240 Å². The van der Waals surface area contributed by atoms with E-state index in [0.29, 0.717) is 24.1 Å². The largest absolute Gasteiger partial charge is 0.465 e. The summed E-state index contributed by atoms with van der Waals surface area (Å²) in [5, 5.41) is 0. The number of terminal acetylenes is 1. The van der Waals surface area contributed by atoms with E-state index < -0.39 is 22.0 Å². The van der Waals surface area contributed by atoms with Gasteiger partial charge in [-0.3, -0.25) is 4.79 Å². The summed E-state index contributed by atoms with van der Waals surface area (Å²) in [5.41, 5.74) is 0.497. The van der Waals surface area contributed by atoms with Crippen molar-refractivity contribution in [1.29, 1.82) is 0 Å². The summed E-state index contributed by atoms with van der Waals surface area (Å²) in [6, 6.07) is 4.33. The van der Waals surface area contributed by atoms with Gasteiger partial charge in [0.1, 0.15) is 0 Å². The van der Waals surface area contributed by atoms with Crippen molar-refractivity contribution >= 4 is 22.6 Å². The van der Waals surface area contributed by atoms with Crippen LogP contribution in [-0.2, 0) is 18.4 Å². The molecule has 0 spiro atoms. The van der Waals surface area contributed by atoms with Crippen LogP contribution < -0.4 is 0 Å². The summed E-state index contributed by atoms with van der Waals surface area (Å²) < 4.78 is 20.7. The zero-order chi connectivity index (χ0) is 29.9. The first-order chi connectivity index (χ1) is 17.6. The number of ether oxygens (including phenoxy) is 1. The van der Waals surface area contributed by atoms with Gasteiger partial charge < -0.3 is 13.6 Å². The minimum Gasteiger partial charge on any atom is -0.465 e. The van der Waals surface area contributed by atoms with Crippen LogP contribution in [0.1, 0.15) is 110 Å². The Balaban J connectivity index is 6.75. The van der Waals surface area contributed by atoms with E-state index in [1.807, 2.05) is 20.8 Å². The molecule has 0 rings (SSSR count). The fraction of sp³-hybridized carbons (Fsp3) is 0.906. The molecule has 0 unspecified atom stereocenters. The fourth-order valence-electron chi connectivity index (χ4n) is 6.00. The van der Waals surface area contributed by atoms with Crippen LogP contribution in [0.4, 0.5) is 0 Å². The zero-order valence-corrected chi connectivity index (χ0v) is 29.7. The summed E-state index contributed by atoms with van der Waals surface area (Å²) in [6.07, 6.45) is 7.45. The lowest BCUT2D eigenvalue weighted by molar-refractivity contribution is -0.156. The van der Waals surface area contributed by atoms with E-state index in [9.17, 15) is 4.79 Å². The second-order valence-electron chi connectivity index (χ2n) is 13.3. The number of hydrogen-bond donors (Lipinski definition) is 0. The Bertz CT molecular complexity index is 714. The van der Waals surface area contributed by atoms with Crippen LogP contribution in [0.3, 0.4) is 0 Å². The number of esters is 1. The van der Waals surface area contributed by atoms with Crippen molar-refractivity contribution in [2.75, 3.05) is 6.61 Å². The average molecular weight is 569 g/mol. The molecule has 0 aliphatic heterocycles. The molecule has 0 amide bonds. The first-order valence-corrected chi connectivity index (χ1v) is 20.3. The Hall–Kier alpha value is -0.616. The molecule has 38 heavy (non-hydrogen) atoms. The molecule has 0 N–H and O–H groups in total. The second-order valence-corrected chi connectivity index (χ2v) is 23.2. The Morgan fingerprint density at radius 1 is 0.763 bits per heavy atom. The van der Waals surface area contributed by atoms with Crippen LogP contribution in [0.5, 0.6) is 0 Å². The maximum atomic E-state index is 12.7. The topological polar surface area (TPSA) is 44.8 Å². The van der Waals surface area contributed by atoms with Crippen molar-refractivity contribution in [3.8, 4) is 12.3 Å². The lowest BCUT2D eigenvalue weighted by atomic mass is 9.80. The van der Waals surface area contributed by atoms with Crippen molar-refractivity contribution in [2.24, 2.45) is 23.2 Å². The summed E-state index contributed by atoms with van der Waals surface area (Å²) in [7, 11) is -4.03. The van der Waals surface area contributed by atoms with Gasteiger partial charge in [0.05, 0.1) is 24.2 Å². The van der Waals surface area contributed by atoms with Gasteiger partial charge in [0.25, 0.3) is 0 Å². The molecule has 0 heterocycles. The lowest BCUT2D eigenvalue weighted by Crippen LogP contribution is -2.54. The highest BCUT2D eigenvalue weighted by atomic mass is 28.4. The van der Waals surface area contributed by atoms with E-state index in [1.54, 1.807) is 0 Å². The van der Waals surface area contributed by atoms with Crippen molar-refractivity contribution in [3.63, 3.8) is 0 Å². The highest BCUT2D eigenvalue weighted by Gasteiger charge is 2.47. The highest BCUT2D eigenvalue weighted by Crippen LogP contribution is 2.41. The minimum atomic E-state index is -2.04. The third-order valence-electron chi connectivity index (χ3n) is 9.21. The predicted molar refractivity (Wildman–Crippen MR) is 169 cm³/mol. The highest BCUT2D eigenvalue weighted by molar-refractivity contribution is 6.75. The van der Waals surface area contributed by atoms with Crippen LogP contribution in [0.2, 0.25) is 35.3 Å². The van der Waals surface area contributed by atoms with Gasteiger partial charge in [-0.1, -0.05) is 76.2 Å². The quantitative estimate of drug-likeness (QED) is 0.0938. The van der Waals surface area contributed by atoms with Crippen molar-refractivity contribution < 1.29 is 18.4 Å². The van der Waals surface area contributed by atoms with Crippen LogP contribution in [-0.4, -0.2) is 41.4 Å². The van der Waals surface area contributed by atoms with E-state index in [4.69, 9.17) is 20.0 Å². The fourth-order valence-corrected chi connectivity index (χ4v) is 13.4. The minimum absolute atomic E-state index is 0.0170. The molecule has 6 heteroatoms. The van der Waals surface area contributed by atoms with Gasteiger partial charge in [0, 0.05) is 18.3 Å². The summed E-state index contributed by atoms with van der Waals surface area (Å²) >= 11 is 0. The predicted octanol–water partition coefficient (Wildman–Crippen LogP) is 9.46. The SMILES string of the molecule is C#CC[C@@H](C)[C@H](O[Si](CC)(CC)C(C)C)[C@H](CC)[C@H](O[Si](CC)(CC)C(C)C)[C@H](C)COC(=O)C(C)(C)C. The molecule has 0 aliphatic carbocycles. The molecular formula is C32H64O4Si2. The lowest BCUT2D eigenvalue weighted by Gasteiger charge is -2.48. The third kappa shape index (κ3) is 9.79. The van der Waals surface area contributed by atoms with E-state index >= 15 is 0 Å². The molecule has 0 saturated heterocycles. The van der Waals surface area contributed by atoms with Crippen LogP contribution >= 0.6 is 0 Å². The van der Waals surface area contributed by atoms with Crippen molar-refractivity contribution in [1.82, 2.24) is 0 Å². The molecular weight excluding hydrogens is 505 g/mol. The normalized spacial score (nSPS) is 17.1. The number of hydrogen-bond acceptors (Lipinski definition) is 4. The summed E-state index contributed by atoms with van der Waals surface area (Å²) in [6.45, 7) is 31.3. The van der Waals surface area contributed by atoms with Gasteiger partial charge in [-0.05, 0) is 68.4 Å². The van der Waals surface area contributed by atoms with Gasteiger partial charge in [-0.25, -0.2) is 0 Å². The Kier molecular flexibility index (Phi) is 16.3. The standard InChI is InChI=1S/C32H64O4Si2/c1-16-22-26(11)29(35-37(18-3,19-4)24(7)8)28(17-2)30(36-38(20-5,21-6)25(9)10)27(12)23-34-31(33)32(13,14)15/h1,24-30H,17-23H2,2-15H3/t26-,27-,28+,29+,30-/m1/s1. The maximum Gasteiger partial charge on any atom is 0.311 e. The number of carbonyl (C=O) groups is 1.